The van der Waals surface area contributed by atoms with E-state index in [1.165, 1.54) is 12.1 Å². The standard InChI is InChI=1S/C20H16FN3O/c21-14-7-4-8-15(11-14)23-18-12-17(13-5-2-1-3-6-13)24-16-9-10-22-20(25)19(16)18/h1-8,11-12H,9-10H2,(H,22,25)(H,23,24). The molecule has 1 aromatic heterocycles. The number of fused-ring (bicyclic) bond motifs is 1. The second-order valence-corrected chi connectivity index (χ2v) is 5.88. The number of hydrogen-bond donors (Lipinski definition) is 2. The lowest BCUT2D eigenvalue weighted by Gasteiger charge is -2.21. The number of hydrogen-bond acceptors (Lipinski definition) is 3. The van der Waals surface area contributed by atoms with E-state index in [9.17, 15) is 9.18 Å². The van der Waals surface area contributed by atoms with Gasteiger partial charge in [-0.2, -0.15) is 0 Å². The highest BCUT2D eigenvalue weighted by Crippen LogP contribution is 2.30. The third kappa shape index (κ3) is 3.08. The fourth-order valence-corrected chi connectivity index (χ4v) is 2.99. The van der Waals surface area contributed by atoms with Crippen molar-refractivity contribution in [3.63, 3.8) is 0 Å². The first kappa shape index (κ1) is 15.3. The third-order valence-electron chi connectivity index (χ3n) is 4.14. The molecule has 4 nitrogen and oxygen atoms in total. The Morgan fingerprint density at radius 2 is 1.88 bits per heavy atom. The van der Waals surface area contributed by atoms with E-state index in [-0.39, 0.29) is 11.7 Å². The number of carbonyl (C=O) groups is 1. The largest absolute Gasteiger partial charge is 0.355 e. The Kier molecular flexibility index (Phi) is 3.90. The minimum absolute atomic E-state index is 0.160. The van der Waals surface area contributed by atoms with E-state index in [2.05, 4.69) is 15.6 Å². The van der Waals surface area contributed by atoms with Crippen LogP contribution in [0.4, 0.5) is 15.8 Å². The van der Waals surface area contributed by atoms with Crippen LogP contribution in [0, 0.1) is 5.82 Å². The summed E-state index contributed by atoms with van der Waals surface area (Å²) in [5, 5.41) is 6.01. The van der Waals surface area contributed by atoms with E-state index in [1.54, 1.807) is 12.1 Å². The van der Waals surface area contributed by atoms with Crippen LogP contribution < -0.4 is 10.6 Å². The van der Waals surface area contributed by atoms with Gasteiger partial charge in [0.2, 0.25) is 0 Å². The van der Waals surface area contributed by atoms with Crippen LogP contribution in [-0.4, -0.2) is 17.4 Å². The maximum atomic E-state index is 13.5. The van der Waals surface area contributed by atoms with E-state index in [0.29, 0.717) is 29.9 Å². The van der Waals surface area contributed by atoms with Crippen LogP contribution in [0.3, 0.4) is 0 Å². The maximum absolute atomic E-state index is 13.5. The molecule has 124 valence electrons. The molecule has 2 heterocycles. The Balaban J connectivity index is 1.84. The molecule has 0 aliphatic carbocycles. The van der Waals surface area contributed by atoms with Crippen molar-refractivity contribution in [2.75, 3.05) is 11.9 Å². The van der Waals surface area contributed by atoms with Crippen LogP contribution in [0.15, 0.2) is 60.7 Å². The van der Waals surface area contributed by atoms with Gasteiger partial charge in [0.1, 0.15) is 5.82 Å². The number of aromatic nitrogens is 1. The molecule has 0 atom stereocenters. The summed E-state index contributed by atoms with van der Waals surface area (Å²) in [5.74, 6) is -0.493. The number of anilines is 2. The minimum atomic E-state index is -0.333. The number of carbonyl (C=O) groups excluding carboxylic acids is 1. The first-order valence-corrected chi connectivity index (χ1v) is 8.11. The van der Waals surface area contributed by atoms with Gasteiger partial charge in [0.25, 0.3) is 5.91 Å². The van der Waals surface area contributed by atoms with Crippen molar-refractivity contribution in [3.8, 4) is 11.3 Å². The van der Waals surface area contributed by atoms with Gasteiger partial charge in [-0.05, 0) is 24.3 Å². The highest BCUT2D eigenvalue weighted by atomic mass is 19.1. The topological polar surface area (TPSA) is 54.0 Å². The Labute approximate surface area is 144 Å². The van der Waals surface area contributed by atoms with Crippen LogP contribution in [0.25, 0.3) is 11.3 Å². The molecule has 0 bridgehead atoms. The number of halogens is 1. The van der Waals surface area contributed by atoms with Gasteiger partial charge in [0.15, 0.2) is 0 Å². The van der Waals surface area contributed by atoms with Crippen LogP contribution in [-0.2, 0) is 6.42 Å². The highest BCUT2D eigenvalue weighted by molar-refractivity contribution is 6.02. The molecule has 0 unspecified atom stereocenters. The highest BCUT2D eigenvalue weighted by Gasteiger charge is 2.23. The third-order valence-corrected chi connectivity index (χ3v) is 4.14. The first-order chi connectivity index (χ1) is 12.2. The summed E-state index contributed by atoms with van der Waals surface area (Å²) in [7, 11) is 0. The van der Waals surface area contributed by atoms with Gasteiger partial charge in [0, 0.05) is 24.2 Å². The number of benzene rings is 2. The molecule has 2 aromatic carbocycles. The van der Waals surface area contributed by atoms with Crippen LogP contribution in [0.5, 0.6) is 0 Å². The van der Waals surface area contributed by atoms with Gasteiger partial charge in [0.05, 0.1) is 22.6 Å². The minimum Gasteiger partial charge on any atom is -0.355 e. The monoisotopic (exact) mass is 333 g/mol. The Hall–Kier alpha value is -3.21. The molecule has 3 aromatic rings. The zero-order valence-corrected chi connectivity index (χ0v) is 13.4. The lowest BCUT2D eigenvalue weighted by atomic mass is 10.0. The fraction of sp³-hybridized carbons (Fsp3) is 0.100. The summed E-state index contributed by atoms with van der Waals surface area (Å²) in [6.07, 6.45) is 0.666. The lowest BCUT2D eigenvalue weighted by Crippen LogP contribution is -2.33. The predicted octanol–water partition coefficient (Wildman–Crippen LogP) is 3.92. The molecule has 1 aliphatic heterocycles. The second kappa shape index (κ2) is 6.36. The van der Waals surface area contributed by atoms with Crippen LogP contribution in [0.1, 0.15) is 16.1 Å². The first-order valence-electron chi connectivity index (χ1n) is 8.11. The summed E-state index contributed by atoms with van der Waals surface area (Å²) < 4.78 is 13.5. The van der Waals surface area contributed by atoms with Crippen molar-refractivity contribution >= 4 is 17.3 Å². The molecule has 2 N–H and O–H groups in total. The molecule has 0 saturated carbocycles. The number of pyridine rings is 1. The molecule has 1 amide bonds. The molecule has 0 spiro atoms. The zero-order chi connectivity index (χ0) is 17.2. The predicted molar refractivity (Wildman–Crippen MR) is 95.4 cm³/mol. The molecule has 0 saturated heterocycles. The van der Waals surface area contributed by atoms with Gasteiger partial charge in [-0.15, -0.1) is 0 Å². The Morgan fingerprint density at radius 3 is 2.68 bits per heavy atom. The van der Waals surface area contributed by atoms with Crippen molar-refractivity contribution in [1.29, 1.82) is 0 Å². The van der Waals surface area contributed by atoms with Gasteiger partial charge >= 0.3 is 0 Å². The molecule has 4 rings (SSSR count). The van der Waals surface area contributed by atoms with Crippen molar-refractivity contribution in [2.24, 2.45) is 0 Å². The number of amides is 1. The van der Waals surface area contributed by atoms with Gasteiger partial charge in [-0.25, -0.2) is 4.39 Å². The van der Waals surface area contributed by atoms with Crippen LogP contribution in [0.2, 0.25) is 0 Å². The second-order valence-electron chi connectivity index (χ2n) is 5.88. The molecule has 0 radical (unpaired) electrons. The number of rotatable bonds is 3. The molecular formula is C20H16FN3O. The molecule has 1 aliphatic rings. The van der Waals surface area contributed by atoms with E-state index in [4.69, 9.17) is 0 Å². The quantitative estimate of drug-likeness (QED) is 0.764. The summed E-state index contributed by atoms with van der Waals surface area (Å²) in [4.78, 5) is 17.0. The van der Waals surface area contributed by atoms with Gasteiger partial charge in [-0.3, -0.25) is 9.78 Å². The smallest absolute Gasteiger partial charge is 0.255 e. The van der Waals surface area contributed by atoms with E-state index >= 15 is 0 Å². The lowest BCUT2D eigenvalue weighted by molar-refractivity contribution is 0.0946. The van der Waals surface area contributed by atoms with Crippen molar-refractivity contribution in [3.05, 3.63) is 77.7 Å². The van der Waals surface area contributed by atoms with Crippen molar-refractivity contribution in [1.82, 2.24) is 10.3 Å². The van der Waals surface area contributed by atoms with E-state index in [1.807, 2.05) is 36.4 Å². The molecule has 0 fully saturated rings. The van der Waals surface area contributed by atoms with E-state index < -0.39 is 0 Å². The van der Waals surface area contributed by atoms with Gasteiger partial charge in [-0.1, -0.05) is 36.4 Å². The van der Waals surface area contributed by atoms with Gasteiger partial charge < -0.3 is 10.6 Å². The average Bonchev–Trinajstić information content (AvgIpc) is 2.62. The van der Waals surface area contributed by atoms with Crippen LogP contribution >= 0.6 is 0 Å². The van der Waals surface area contributed by atoms with Crippen molar-refractivity contribution in [2.45, 2.75) is 6.42 Å². The summed E-state index contributed by atoms with van der Waals surface area (Å²) in [6.45, 7) is 0.566. The number of nitrogens with one attached hydrogen (secondary N) is 2. The van der Waals surface area contributed by atoms with E-state index in [0.717, 1.165) is 17.0 Å². The fourth-order valence-electron chi connectivity index (χ4n) is 2.99. The summed E-state index contributed by atoms with van der Waals surface area (Å²) >= 11 is 0. The zero-order valence-electron chi connectivity index (χ0n) is 13.4. The normalized spacial score (nSPS) is 13.1. The molecular weight excluding hydrogens is 317 g/mol. The molecule has 5 heteroatoms. The Bertz CT molecular complexity index is 941. The van der Waals surface area contributed by atoms with Crippen molar-refractivity contribution < 1.29 is 9.18 Å². The molecule has 25 heavy (non-hydrogen) atoms. The number of nitrogens with zero attached hydrogens (tertiary/aromatic N) is 1. The summed E-state index contributed by atoms with van der Waals surface area (Å²) in [5.41, 5.74) is 4.25. The Morgan fingerprint density at radius 1 is 1.04 bits per heavy atom. The summed E-state index contributed by atoms with van der Waals surface area (Å²) in [6, 6.07) is 17.8. The SMILES string of the molecule is O=C1NCCc2nc(-c3ccccc3)cc(Nc3cccc(F)c3)c21. The maximum Gasteiger partial charge on any atom is 0.255 e. The average molecular weight is 333 g/mol.